The van der Waals surface area contributed by atoms with Crippen LogP contribution in [0.4, 0.5) is 14.6 Å². The van der Waals surface area contributed by atoms with Crippen molar-refractivity contribution in [1.29, 1.82) is 0 Å². The van der Waals surface area contributed by atoms with Gasteiger partial charge in [-0.3, -0.25) is 4.79 Å². The van der Waals surface area contributed by atoms with Gasteiger partial charge >= 0.3 is 0 Å². The van der Waals surface area contributed by atoms with Crippen LogP contribution in [0, 0.1) is 6.92 Å². The summed E-state index contributed by atoms with van der Waals surface area (Å²) in [5.74, 6) is -2.63. The maximum Gasteiger partial charge on any atom is 0.259 e. The Hall–Kier alpha value is -1.76. The molecule has 1 heterocycles. The van der Waals surface area contributed by atoms with Gasteiger partial charge in [0.25, 0.3) is 5.91 Å². The molecule has 7 heteroatoms. The Morgan fingerprint density at radius 1 is 1.42 bits per heavy atom. The van der Waals surface area contributed by atoms with Crippen molar-refractivity contribution in [2.24, 2.45) is 0 Å². The van der Waals surface area contributed by atoms with Crippen molar-refractivity contribution < 1.29 is 13.6 Å². The number of hydrogen-bond acceptors (Lipinski definition) is 3. The molecular formula is C19H24BrF2N3O. The SMILES string of the molecule is CCN(CCC(C)(F)F)c1ncc(Br)c(C)c1C(=O)NC1=CCCC=C1. The third-order valence-electron chi connectivity index (χ3n) is 4.24. The lowest BCUT2D eigenvalue weighted by Gasteiger charge is -2.26. The monoisotopic (exact) mass is 427 g/mol. The van der Waals surface area contributed by atoms with Crippen LogP contribution < -0.4 is 10.2 Å². The quantitative estimate of drug-likeness (QED) is 0.666. The fourth-order valence-corrected chi connectivity index (χ4v) is 3.02. The molecule has 1 aliphatic carbocycles. The molecule has 1 N–H and O–H groups in total. The van der Waals surface area contributed by atoms with E-state index in [1.807, 2.05) is 32.1 Å². The summed E-state index contributed by atoms with van der Waals surface area (Å²) in [6.07, 6.45) is 8.98. The summed E-state index contributed by atoms with van der Waals surface area (Å²) in [6, 6.07) is 0. The number of nitrogens with one attached hydrogen (secondary N) is 1. The lowest BCUT2D eigenvalue weighted by atomic mass is 10.1. The predicted octanol–water partition coefficient (Wildman–Crippen LogP) is 4.99. The number of hydrogen-bond donors (Lipinski definition) is 1. The average molecular weight is 428 g/mol. The van der Waals surface area contributed by atoms with E-state index in [2.05, 4.69) is 26.2 Å². The Morgan fingerprint density at radius 2 is 2.15 bits per heavy atom. The van der Waals surface area contributed by atoms with Crippen molar-refractivity contribution in [3.05, 3.63) is 45.7 Å². The Morgan fingerprint density at radius 3 is 2.73 bits per heavy atom. The van der Waals surface area contributed by atoms with Crippen LogP contribution in [0.3, 0.4) is 0 Å². The summed E-state index contributed by atoms with van der Waals surface area (Å²) in [7, 11) is 0. The van der Waals surface area contributed by atoms with Crippen molar-refractivity contribution in [3.63, 3.8) is 0 Å². The molecule has 1 aliphatic rings. The second-order valence-electron chi connectivity index (χ2n) is 6.42. The number of carbonyl (C=O) groups excluding carboxylic acids is 1. The molecular weight excluding hydrogens is 404 g/mol. The molecule has 0 saturated heterocycles. The van der Waals surface area contributed by atoms with Gasteiger partial charge in [0.2, 0.25) is 5.92 Å². The van der Waals surface area contributed by atoms with Crippen LogP contribution in [0.25, 0.3) is 0 Å². The van der Waals surface area contributed by atoms with E-state index in [4.69, 9.17) is 0 Å². The number of aromatic nitrogens is 1. The minimum Gasteiger partial charge on any atom is -0.356 e. The number of carbonyl (C=O) groups is 1. The summed E-state index contributed by atoms with van der Waals surface area (Å²) in [6.45, 7) is 5.18. The van der Waals surface area contributed by atoms with E-state index in [0.29, 0.717) is 22.4 Å². The van der Waals surface area contributed by atoms with Crippen LogP contribution in [-0.2, 0) is 0 Å². The summed E-state index contributed by atoms with van der Waals surface area (Å²) in [5.41, 5.74) is 1.88. The second-order valence-corrected chi connectivity index (χ2v) is 7.28. The molecule has 0 spiro atoms. The molecule has 142 valence electrons. The predicted molar refractivity (Wildman–Crippen MR) is 104 cm³/mol. The van der Waals surface area contributed by atoms with Crippen LogP contribution in [0.1, 0.15) is 49.0 Å². The lowest BCUT2D eigenvalue weighted by Crippen LogP contribution is -2.33. The number of amides is 1. The zero-order valence-corrected chi connectivity index (χ0v) is 16.9. The van der Waals surface area contributed by atoms with E-state index in [9.17, 15) is 13.6 Å². The molecule has 1 amide bonds. The van der Waals surface area contributed by atoms with Gasteiger partial charge in [-0.1, -0.05) is 12.2 Å². The highest BCUT2D eigenvalue weighted by Gasteiger charge is 2.26. The number of pyridine rings is 1. The Kier molecular flexibility index (Phi) is 6.92. The van der Waals surface area contributed by atoms with Crippen molar-refractivity contribution in [2.45, 2.75) is 46.0 Å². The van der Waals surface area contributed by atoms with Gasteiger partial charge in [-0.05, 0) is 61.2 Å². The number of halogens is 3. The van der Waals surface area contributed by atoms with Gasteiger partial charge in [0, 0.05) is 35.9 Å². The standard InChI is InChI=1S/C19H24BrF2N3O/c1-4-25(11-10-19(3,21)22)17-16(13(2)15(20)12-23-17)18(26)24-14-8-6-5-7-9-14/h6,8-9,12H,4-5,7,10-11H2,1-3H3,(H,24,26). The van der Waals surface area contributed by atoms with Crippen LogP contribution >= 0.6 is 15.9 Å². The number of allylic oxidation sites excluding steroid dienone is 3. The topological polar surface area (TPSA) is 45.2 Å². The Bertz CT molecular complexity index is 726. The maximum atomic E-state index is 13.3. The highest BCUT2D eigenvalue weighted by Crippen LogP contribution is 2.28. The fourth-order valence-electron chi connectivity index (χ4n) is 2.72. The first-order chi connectivity index (χ1) is 12.2. The zero-order valence-electron chi connectivity index (χ0n) is 15.3. The second kappa shape index (κ2) is 8.75. The van der Waals surface area contributed by atoms with Gasteiger partial charge in [0.1, 0.15) is 5.82 Å². The van der Waals surface area contributed by atoms with E-state index in [1.165, 1.54) is 0 Å². The van der Waals surface area contributed by atoms with Gasteiger partial charge in [0.05, 0.1) is 5.56 Å². The number of alkyl halides is 2. The molecule has 0 fully saturated rings. The fraction of sp³-hybridized carbons (Fsp3) is 0.474. The molecule has 4 nitrogen and oxygen atoms in total. The zero-order chi connectivity index (χ0) is 19.3. The third-order valence-corrected chi connectivity index (χ3v) is 5.04. The van der Waals surface area contributed by atoms with Crippen molar-refractivity contribution in [2.75, 3.05) is 18.0 Å². The van der Waals surface area contributed by atoms with Gasteiger partial charge < -0.3 is 10.2 Å². The molecule has 1 aromatic heterocycles. The molecule has 0 atom stereocenters. The van der Waals surface area contributed by atoms with Gasteiger partial charge in [0.15, 0.2) is 0 Å². The smallest absolute Gasteiger partial charge is 0.259 e. The Balaban J connectivity index is 2.34. The van der Waals surface area contributed by atoms with E-state index in [1.54, 1.807) is 11.1 Å². The molecule has 26 heavy (non-hydrogen) atoms. The van der Waals surface area contributed by atoms with Gasteiger partial charge in [-0.25, -0.2) is 13.8 Å². The van der Waals surface area contributed by atoms with E-state index >= 15 is 0 Å². The number of rotatable bonds is 7. The van der Waals surface area contributed by atoms with E-state index in [-0.39, 0.29) is 18.9 Å². The number of anilines is 1. The van der Waals surface area contributed by atoms with Crippen LogP contribution in [0.2, 0.25) is 0 Å². The first kappa shape index (κ1) is 20.6. The molecule has 0 radical (unpaired) electrons. The summed E-state index contributed by atoms with van der Waals surface area (Å²) in [4.78, 5) is 19.0. The van der Waals surface area contributed by atoms with Crippen molar-refractivity contribution in [1.82, 2.24) is 10.3 Å². The molecule has 0 saturated carbocycles. The van der Waals surface area contributed by atoms with E-state index < -0.39 is 5.92 Å². The minimum atomic E-state index is -2.77. The van der Waals surface area contributed by atoms with E-state index in [0.717, 1.165) is 31.0 Å². The first-order valence-corrected chi connectivity index (χ1v) is 9.48. The molecule has 0 aromatic carbocycles. The summed E-state index contributed by atoms with van der Waals surface area (Å²) >= 11 is 3.41. The first-order valence-electron chi connectivity index (χ1n) is 8.69. The van der Waals surface area contributed by atoms with Crippen molar-refractivity contribution >= 4 is 27.7 Å². The lowest BCUT2D eigenvalue weighted by molar-refractivity contribution is 0.0151. The van der Waals surface area contributed by atoms with Gasteiger partial charge in [-0.2, -0.15) is 0 Å². The average Bonchev–Trinajstić information content (AvgIpc) is 2.58. The summed E-state index contributed by atoms with van der Waals surface area (Å²) in [5, 5.41) is 2.89. The molecule has 2 rings (SSSR count). The van der Waals surface area contributed by atoms with Crippen LogP contribution in [0.5, 0.6) is 0 Å². The highest BCUT2D eigenvalue weighted by atomic mass is 79.9. The van der Waals surface area contributed by atoms with Crippen LogP contribution in [-0.4, -0.2) is 29.9 Å². The Labute approximate surface area is 161 Å². The minimum absolute atomic E-state index is 0.122. The third kappa shape index (κ3) is 5.37. The molecule has 0 bridgehead atoms. The van der Waals surface area contributed by atoms with Crippen molar-refractivity contribution in [3.8, 4) is 0 Å². The molecule has 1 aromatic rings. The highest BCUT2D eigenvalue weighted by molar-refractivity contribution is 9.10. The summed E-state index contributed by atoms with van der Waals surface area (Å²) < 4.78 is 27.3. The van der Waals surface area contributed by atoms with Gasteiger partial charge in [-0.15, -0.1) is 0 Å². The molecule has 0 aliphatic heterocycles. The largest absolute Gasteiger partial charge is 0.356 e. The normalized spacial score (nSPS) is 14.2. The van der Waals surface area contributed by atoms with Crippen LogP contribution in [0.15, 0.2) is 34.6 Å². The molecule has 0 unspecified atom stereocenters. The number of nitrogens with zero attached hydrogens (tertiary/aromatic N) is 2. The maximum absolute atomic E-state index is 13.3.